The molecule has 1 saturated heterocycles. The van der Waals surface area contributed by atoms with Crippen LogP contribution in [0.15, 0.2) is 36.9 Å². The molecule has 2 aliphatic heterocycles. The number of fused-ring (bicyclic) bond motifs is 1. The van der Waals surface area contributed by atoms with Crippen molar-refractivity contribution in [1.29, 1.82) is 5.26 Å². The van der Waals surface area contributed by atoms with E-state index in [1.807, 2.05) is 4.90 Å². The van der Waals surface area contributed by atoms with Crippen molar-refractivity contribution >= 4 is 28.9 Å². The Labute approximate surface area is 189 Å². The summed E-state index contributed by atoms with van der Waals surface area (Å²) in [4.78, 5) is 13.5. The number of benzene rings is 2. The number of nitrogens with one attached hydrogen (secondary N) is 1. The number of halogens is 3. The van der Waals surface area contributed by atoms with Gasteiger partial charge in [-0.2, -0.15) is 5.26 Å². The highest BCUT2D eigenvalue weighted by atomic mass is 35.5. The van der Waals surface area contributed by atoms with Crippen LogP contribution in [0.1, 0.15) is 18.4 Å². The second-order valence-electron chi connectivity index (χ2n) is 7.85. The molecule has 0 aromatic heterocycles. The highest BCUT2D eigenvalue weighted by Crippen LogP contribution is 2.38. The van der Waals surface area contributed by atoms with Gasteiger partial charge in [-0.15, -0.1) is 0 Å². The third-order valence-electron chi connectivity index (χ3n) is 5.75. The fourth-order valence-electron chi connectivity index (χ4n) is 3.79. The minimum absolute atomic E-state index is 0.103. The molecule has 2 aromatic rings. The van der Waals surface area contributed by atoms with E-state index in [2.05, 4.69) is 18.0 Å². The van der Waals surface area contributed by atoms with Gasteiger partial charge in [0.15, 0.2) is 6.61 Å². The van der Waals surface area contributed by atoms with Crippen LogP contribution in [0.2, 0.25) is 5.02 Å². The molecule has 1 fully saturated rings. The Morgan fingerprint density at radius 1 is 1.31 bits per heavy atom. The standard InChI is InChI=1S/C23H20ClF2N3O3/c1-14(16-9-19-21(10-18(16)26)31-11-22(30)28-19)29-6-4-23(12-27,5-7-29)13-32-20-3-2-15(25)8-17(20)24/h2-3,8-10H,1,4-7,11,13H2,(H,28,30). The third kappa shape index (κ3) is 4.34. The van der Waals surface area contributed by atoms with Crippen molar-refractivity contribution in [2.75, 3.05) is 31.6 Å². The van der Waals surface area contributed by atoms with Gasteiger partial charge in [0.05, 0.1) is 22.2 Å². The number of likely N-dealkylation sites (tertiary alicyclic amines) is 1. The molecule has 2 aliphatic rings. The number of carbonyl (C=O) groups is 1. The first-order valence-electron chi connectivity index (χ1n) is 10.00. The summed E-state index contributed by atoms with van der Waals surface area (Å²) < 4.78 is 38.9. The number of nitriles is 1. The van der Waals surface area contributed by atoms with Crippen molar-refractivity contribution in [3.63, 3.8) is 0 Å². The van der Waals surface area contributed by atoms with Gasteiger partial charge in [-0.3, -0.25) is 4.79 Å². The van der Waals surface area contributed by atoms with Gasteiger partial charge in [0.2, 0.25) is 0 Å². The summed E-state index contributed by atoms with van der Waals surface area (Å²) in [5.41, 5.74) is 0.351. The summed E-state index contributed by atoms with van der Waals surface area (Å²) in [7, 11) is 0. The van der Waals surface area contributed by atoms with Crippen molar-refractivity contribution in [1.82, 2.24) is 4.90 Å². The molecule has 0 saturated carbocycles. The smallest absolute Gasteiger partial charge is 0.262 e. The monoisotopic (exact) mass is 459 g/mol. The molecular formula is C23H20ClF2N3O3. The fraction of sp³-hybridized carbons (Fsp3) is 0.304. The molecule has 0 bridgehead atoms. The van der Waals surface area contributed by atoms with Crippen LogP contribution in [-0.2, 0) is 4.79 Å². The average Bonchev–Trinajstić information content (AvgIpc) is 2.78. The molecule has 9 heteroatoms. The van der Waals surface area contributed by atoms with Gasteiger partial charge in [-0.1, -0.05) is 18.2 Å². The van der Waals surface area contributed by atoms with Crippen LogP contribution >= 0.6 is 11.6 Å². The number of nitrogens with zero attached hydrogens (tertiary/aromatic N) is 2. The highest BCUT2D eigenvalue weighted by Gasteiger charge is 2.37. The molecule has 1 N–H and O–H groups in total. The number of hydrogen-bond acceptors (Lipinski definition) is 5. The molecule has 32 heavy (non-hydrogen) atoms. The number of anilines is 1. The molecule has 0 atom stereocenters. The zero-order valence-electron chi connectivity index (χ0n) is 17.1. The van der Waals surface area contributed by atoms with Gasteiger partial charge in [0, 0.05) is 30.4 Å². The Bertz CT molecular complexity index is 1120. The molecule has 166 valence electrons. The fourth-order valence-corrected chi connectivity index (χ4v) is 4.02. The summed E-state index contributed by atoms with van der Waals surface area (Å²) in [5, 5.41) is 12.6. The number of ether oxygens (including phenoxy) is 2. The van der Waals surface area contributed by atoms with Crippen molar-refractivity contribution < 1.29 is 23.0 Å². The lowest BCUT2D eigenvalue weighted by atomic mass is 9.80. The number of amides is 1. The first-order valence-corrected chi connectivity index (χ1v) is 10.4. The lowest BCUT2D eigenvalue weighted by molar-refractivity contribution is -0.118. The Hall–Kier alpha value is -3.31. The number of rotatable bonds is 5. The lowest BCUT2D eigenvalue weighted by Crippen LogP contribution is -2.41. The van der Waals surface area contributed by atoms with E-state index >= 15 is 0 Å². The first kappa shape index (κ1) is 21.9. The molecular weight excluding hydrogens is 440 g/mol. The van der Waals surface area contributed by atoms with Gasteiger partial charge >= 0.3 is 0 Å². The van der Waals surface area contributed by atoms with Gasteiger partial charge in [-0.25, -0.2) is 8.78 Å². The largest absolute Gasteiger partial charge is 0.490 e. The number of piperidine rings is 1. The van der Waals surface area contributed by atoms with Crippen LogP contribution in [0.5, 0.6) is 11.5 Å². The molecule has 6 nitrogen and oxygen atoms in total. The highest BCUT2D eigenvalue weighted by molar-refractivity contribution is 6.32. The van der Waals surface area contributed by atoms with Crippen molar-refractivity contribution in [2.45, 2.75) is 12.8 Å². The lowest BCUT2D eigenvalue weighted by Gasteiger charge is -2.39. The van der Waals surface area contributed by atoms with Crippen LogP contribution in [0, 0.1) is 28.4 Å². The quantitative estimate of drug-likeness (QED) is 0.707. The molecule has 0 aliphatic carbocycles. The second-order valence-corrected chi connectivity index (χ2v) is 8.26. The Morgan fingerprint density at radius 3 is 2.75 bits per heavy atom. The Kier molecular flexibility index (Phi) is 5.94. The van der Waals surface area contributed by atoms with Crippen LogP contribution in [-0.4, -0.2) is 37.1 Å². The minimum atomic E-state index is -0.759. The second kappa shape index (κ2) is 8.67. The van der Waals surface area contributed by atoms with Crippen molar-refractivity contribution in [3.8, 4) is 17.6 Å². The van der Waals surface area contributed by atoms with E-state index in [0.29, 0.717) is 43.1 Å². The van der Waals surface area contributed by atoms with Crippen molar-refractivity contribution in [2.24, 2.45) is 5.41 Å². The van der Waals surface area contributed by atoms with E-state index in [0.717, 1.165) is 6.07 Å². The maximum atomic E-state index is 14.7. The van der Waals surface area contributed by atoms with Gasteiger partial charge in [-0.05, 0) is 37.1 Å². The van der Waals surface area contributed by atoms with Crippen molar-refractivity contribution in [3.05, 3.63) is 59.1 Å². The third-order valence-corrected chi connectivity index (χ3v) is 6.05. The van der Waals surface area contributed by atoms with Crippen LogP contribution in [0.25, 0.3) is 5.70 Å². The maximum Gasteiger partial charge on any atom is 0.262 e. The molecule has 0 spiro atoms. The van der Waals surface area contributed by atoms with Gasteiger partial charge in [0.1, 0.15) is 29.7 Å². The molecule has 2 aromatic carbocycles. The molecule has 0 radical (unpaired) electrons. The summed E-state index contributed by atoms with van der Waals surface area (Å²) in [5.74, 6) is -0.688. The average molecular weight is 460 g/mol. The topological polar surface area (TPSA) is 74.6 Å². The zero-order valence-corrected chi connectivity index (χ0v) is 17.8. The predicted molar refractivity (Wildman–Crippen MR) is 115 cm³/mol. The normalized spacial score (nSPS) is 16.9. The van der Waals surface area contributed by atoms with Gasteiger partial charge in [0.25, 0.3) is 5.91 Å². The van der Waals surface area contributed by atoms with E-state index in [1.165, 1.54) is 24.3 Å². The Morgan fingerprint density at radius 2 is 2.06 bits per heavy atom. The Balaban J connectivity index is 1.43. The minimum Gasteiger partial charge on any atom is -0.490 e. The number of hydrogen-bond donors (Lipinski definition) is 1. The van der Waals surface area contributed by atoms with E-state index < -0.39 is 17.0 Å². The summed E-state index contributed by atoms with van der Waals surface area (Å²) >= 11 is 6.00. The van der Waals surface area contributed by atoms with E-state index in [1.54, 1.807) is 0 Å². The summed E-state index contributed by atoms with van der Waals surface area (Å²) in [6.45, 7) is 4.91. The van der Waals surface area contributed by atoms with E-state index in [4.69, 9.17) is 21.1 Å². The molecule has 0 unspecified atom stereocenters. The zero-order chi connectivity index (χ0) is 22.9. The molecule has 1 amide bonds. The molecule has 4 rings (SSSR count). The number of carbonyl (C=O) groups excluding carboxylic acids is 1. The van der Waals surface area contributed by atoms with Crippen LogP contribution in [0.4, 0.5) is 14.5 Å². The summed E-state index contributed by atoms with van der Waals surface area (Å²) in [6, 6.07) is 8.91. The van der Waals surface area contributed by atoms with E-state index in [-0.39, 0.29) is 35.5 Å². The molecule has 2 heterocycles. The van der Waals surface area contributed by atoms with Crippen LogP contribution in [0.3, 0.4) is 0 Å². The van der Waals surface area contributed by atoms with Gasteiger partial charge < -0.3 is 19.7 Å². The maximum absolute atomic E-state index is 14.7. The first-order chi connectivity index (χ1) is 15.3. The predicted octanol–water partition coefficient (Wildman–Crippen LogP) is 4.60. The van der Waals surface area contributed by atoms with Crippen LogP contribution < -0.4 is 14.8 Å². The van der Waals surface area contributed by atoms with E-state index in [9.17, 15) is 18.8 Å². The summed E-state index contributed by atoms with van der Waals surface area (Å²) in [6.07, 6.45) is 0.932. The SMILES string of the molecule is C=C(c1cc2c(cc1F)OCC(=O)N2)N1CCC(C#N)(COc2ccc(F)cc2Cl)CC1.